The molecule has 0 saturated carbocycles. The monoisotopic (exact) mass is 514 g/mol. The summed E-state index contributed by atoms with van der Waals surface area (Å²) >= 11 is 0. The molecule has 0 aliphatic heterocycles. The number of hydrogen-bond donors (Lipinski definition) is 1. The van der Waals surface area contributed by atoms with Crippen molar-refractivity contribution in [2.24, 2.45) is 0 Å². The van der Waals surface area contributed by atoms with Crippen LogP contribution >= 0.6 is 0 Å². The molecule has 0 rings (SSSR count). The van der Waals surface area contributed by atoms with Crippen molar-refractivity contribution >= 4 is 5.97 Å². The minimum absolute atomic E-state index is 0.102. The summed E-state index contributed by atoms with van der Waals surface area (Å²) in [7, 11) is 1.45. The van der Waals surface area contributed by atoms with E-state index in [0.29, 0.717) is 19.4 Å². The molecule has 5 heteroatoms. The number of methoxy groups -OCH3 is 1. The zero-order valence-corrected chi connectivity index (χ0v) is 24.4. The van der Waals surface area contributed by atoms with Crippen molar-refractivity contribution in [3.05, 3.63) is 0 Å². The molecule has 0 amide bonds. The minimum Gasteiger partial charge on any atom is -0.469 e. The van der Waals surface area contributed by atoms with Crippen molar-refractivity contribution < 1.29 is 24.1 Å². The van der Waals surface area contributed by atoms with Gasteiger partial charge in [0.2, 0.25) is 0 Å². The van der Waals surface area contributed by atoms with Crippen molar-refractivity contribution in [3.63, 3.8) is 0 Å². The molecule has 0 saturated heterocycles. The number of unbranched alkanes of at least 4 members (excludes halogenated alkanes) is 17. The van der Waals surface area contributed by atoms with E-state index in [4.69, 9.17) is 14.6 Å². The van der Waals surface area contributed by atoms with Crippen LogP contribution < -0.4 is 0 Å². The predicted molar refractivity (Wildman–Crippen MR) is 151 cm³/mol. The van der Waals surface area contributed by atoms with Crippen LogP contribution in [0.25, 0.3) is 0 Å². The fourth-order valence-electron chi connectivity index (χ4n) is 4.64. The molecule has 1 N–H and O–H groups in total. The molecule has 216 valence electrons. The first-order chi connectivity index (χ1) is 17.6. The summed E-state index contributed by atoms with van der Waals surface area (Å²) in [4.78, 5) is 11.1. The topological polar surface area (TPSA) is 65.0 Å². The summed E-state index contributed by atoms with van der Waals surface area (Å²) in [6, 6.07) is 0. The first kappa shape index (κ1) is 35.4. The Hall–Kier alpha value is -0.650. The van der Waals surface area contributed by atoms with Crippen molar-refractivity contribution in [1.82, 2.24) is 0 Å². The Balaban J connectivity index is 3.77. The molecule has 0 aromatic rings. The molecular weight excluding hydrogens is 452 g/mol. The van der Waals surface area contributed by atoms with E-state index in [9.17, 15) is 4.79 Å². The lowest BCUT2D eigenvalue weighted by atomic mass is 10.0. The first-order valence-electron chi connectivity index (χ1n) is 15.6. The van der Waals surface area contributed by atoms with Gasteiger partial charge in [0.1, 0.15) is 0 Å². The van der Waals surface area contributed by atoms with E-state index in [0.717, 1.165) is 32.1 Å². The van der Waals surface area contributed by atoms with Crippen molar-refractivity contribution in [1.29, 1.82) is 0 Å². The average Bonchev–Trinajstić information content (AvgIpc) is 2.88. The second-order valence-electron chi connectivity index (χ2n) is 10.6. The van der Waals surface area contributed by atoms with Crippen LogP contribution in [0.5, 0.6) is 0 Å². The zero-order valence-electron chi connectivity index (χ0n) is 24.4. The number of aliphatic hydroxyl groups is 1. The van der Waals surface area contributed by atoms with Crippen LogP contribution in [-0.2, 0) is 19.0 Å². The number of hydrogen-bond acceptors (Lipinski definition) is 5. The lowest BCUT2D eigenvalue weighted by Gasteiger charge is -2.23. The molecule has 2 unspecified atom stereocenters. The number of aliphatic hydroxyl groups excluding tert-OH is 1. The molecule has 0 spiro atoms. The lowest BCUT2D eigenvalue weighted by molar-refractivity contribution is -0.173. The third kappa shape index (κ3) is 26.4. The maximum Gasteiger partial charge on any atom is 0.305 e. The summed E-state index contributed by atoms with van der Waals surface area (Å²) in [6.45, 7) is 5.18. The van der Waals surface area contributed by atoms with Crippen molar-refractivity contribution in [2.75, 3.05) is 20.3 Å². The molecule has 2 atom stereocenters. The summed E-state index contributed by atoms with van der Waals surface area (Å²) in [5.41, 5.74) is 0. The number of ether oxygens (including phenoxy) is 3. The molecule has 5 nitrogen and oxygen atoms in total. The van der Waals surface area contributed by atoms with Gasteiger partial charge in [-0.05, 0) is 39.0 Å². The van der Waals surface area contributed by atoms with E-state index in [-0.39, 0.29) is 25.0 Å². The highest BCUT2D eigenvalue weighted by atomic mass is 16.7. The van der Waals surface area contributed by atoms with Crippen LogP contribution in [0.1, 0.15) is 162 Å². The SMILES string of the molecule is CCCCCCCCCCCCCCC(C)OC(CCCCCCCCCC(=O)OC)OCCCO. The number of carbonyl (C=O) groups excluding carboxylic acids is 1. The fourth-order valence-corrected chi connectivity index (χ4v) is 4.64. The van der Waals surface area contributed by atoms with E-state index >= 15 is 0 Å². The van der Waals surface area contributed by atoms with Crippen LogP contribution in [0, 0.1) is 0 Å². The van der Waals surface area contributed by atoms with Crippen LogP contribution in [0.3, 0.4) is 0 Å². The predicted octanol–water partition coefficient (Wildman–Crippen LogP) is 8.89. The quantitative estimate of drug-likeness (QED) is 0.0613. The third-order valence-electron chi connectivity index (χ3n) is 7.00. The number of carbonyl (C=O) groups is 1. The summed E-state index contributed by atoms with van der Waals surface area (Å²) in [6.07, 6.45) is 27.8. The van der Waals surface area contributed by atoms with Crippen LogP contribution in [0.2, 0.25) is 0 Å². The molecule has 36 heavy (non-hydrogen) atoms. The van der Waals surface area contributed by atoms with E-state index in [1.165, 1.54) is 110 Å². The lowest BCUT2D eigenvalue weighted by Crippen LogP contribution is -2.24. The molecule has 0 aliphatic carbocycles. The Bertz CT molecular complexity index is 443. The summed E-state index contributed by atoms with van der Waals surface area (Å²) in [5, 5.41) is 9.07. The van der Waals surface area contributed by atoms with Gasteiger partial charge in [-0.3, -0.25) is 4.79 Å². The smallest absolute Gasteiger partial charge is 0.305 e. The largest absolute Gasteiger partial charge is 0.469 e. The van der Waals surface area contributed by atoms with E-state index in [2.05, 4.69) is 18.6 Å². The molecule has 0 aliphatic rings. The van der Waals surface area contributed by atoms with Crippen molar-refractivity contribution in [2.45, 2.75) is 174 Å². The highest BCUT2D eigenvalue weighted by molar-refractivity contribution is 5.68. The second kappa shape index (κ2) is 28.9. The summed E-state index contributed by atoms with van der Waals surface area (Å²) in [5.74, 6) is -0.102. The van der Waals surface area contributed by atoms with Crippen molar-refractivity contribution in [3.8, 4) is 0 Å². The zero-order chi connectivity index (χ0) is 26.5. The normalized spacial score (nSPS) is 13.1. The van der Waals surface area contributed by atoms with Gasteiger partial charge in [-0.25, -0.2) is 0 Å². The van der Waals surface area contributed by atoms with Gasteiger partial charge >= 0.3 is 5.97 Å². The van der Waals surface area contributed by atoms with Gasteiger partial charge in [0, 0.05) is 13.0 Å². The van der Waals surface area contributed by atoms with Gasteiger partial charge in [0.25, 0.3) is 0 Å². The first-order valence-corrected chi connectivity index (χ1v) is 15.6. The molecule has 0 fully saturated rings. The maximum absolute atomic E-state index is 11.1. The van der Waals surface area contributed by atoms with E-state index < -0.39 is 0 Å². The Morgan fingerprint density at radius 2 is 1.14 bits per heavy atom. The highest BCUT2D eigenvalue weighted by Crippen LogP contribution is 2.17. The average molecular weight is 515 g/mol. The standard InChI is InChI=1S/C31H62O5/c1-4-5-6-7-8-9-10-11-12-14-17-20-24-29(2)36-31(35-28-23-27-32)26-22-19-16-13-15-18-21-25-30(33)34-3/h29,31-32H,4-28H2,1-3H3. The van der Waals surface area contributed by atoms with E-state index in [1.54, 1.807) is 0 Å². The summed E-state index contributed by atoms with van der Waals surface area (Å²) < 4.78 is 16.9. The van der Waals surface area contributed by atoms with Gasteiger partial charge in [0.15, 0.2) is 6.29 Å². The van der Waals surface area contributed by atoms with Gasteiger partial charge in [0.05, 0.1) is 19.8 Å². The molecule has 0 bridgehead atoms. The number of rotatable bonds is 29. The van der Waals surface area contributed by atoms with Crippen LogP contribution in [0.15, 0.2) is 0 Å². The Labute approximate surface area is 224 Å². The van der Waals surface area contributed by atoms with Crippen LogP contribution in [-0.4, -0.2) is 43.8 Å². The minimum atomic E-state index is -0.149. The second-order valence-corrected chi connectivity index (χ2v) is 10.6. The van der Waals surface area contributed by atoms with Crippen LogP contribution in [0.4, 0.5) is 0 Å². The maximum atomic E-state index is 11.1. The molecule has 0 aromatic carbocycles. The third-order valence-corrected chi connectivity index (χ3v) is 7.00. The fraction of sp³-hybridized carbons (Fsp3) is 0.968. The Morgan fingerprint density at radius 1 is 0.667 bits per heavy atom. The highest BCUT2D eigenvalue weighted by Gasteiger charge is 2.14. The molecule has 0 heterocycles. The van der Waals surface area contributed by atoms with Gasteiger partial charge < -0.3 is 19.3 Å². The van der Waals surface area contributed by atoms with E-state index in [1.807, 2.05) is 0 Å². The van der Waals surface area contributed by atoms with Gasteiger partial charge in [-0.2, -0.15) is 0 Å². The van der Waals surface area contributed by atoms with Gasteiger partial charge in [-0.15, -0.1) is 0 Å². The molecular formula is C31H62O5. The Kier molecular flexibility index (Phi) is 28.4. The molecule has 0 radical (unpaired) electrons. The van der Waals surface area contributed by atoms with Gasteiger partial charge in [-0.1, -0.05) is 116 Å². The number of esters is 1. The Morgan fingerprint density at radius 3 is 1.64 bits per heavy atom. The molecule has 0 aromatic heterocycles.